The van der Waals surface area contributed by atoms with Crippen molar-refractivity contribution in [3.05, 3.63) is 56.0 Å². The highest BCUT2D eigenvalue weighted by Gasteiger charge is 2.08. The maximum Gasteiger partial charge on any atom is 0.339 e. The molecule has 2 aromatic rings. The summed E-state index contributed by atoms with van der Waals surface area (Å²) in [4.78, 5) is 11.9. The van der Waals surface area contributed by atoms with Gasteiger partial charge in [-0.3, -0.25) is 0 Å². The average molecular weight is 445 g/mol. The minimum absolute atomic E-state index is 0.380. The second-order valence-corrected chi connectivity index (χ2v) is 6.70. The van der Waals surface area contributed by atoms with Crippen LogP contribution in [0.25, 0.3) is 0 Å². The monoisotopic (exact) mass is 443 g/mol. The molecule has 0 radical (unpaired) electrons. The first kappa shape index (κ1) is 19.6. The van der Waals surface area contributed by atoms with Gasteiger partial charge in [0, 0.05) is 10.2 Å². The molecule has 0 saturated heterocycles. The summed E-state index contributed by atoms with van der Waals surface area (Å²) >= 11 is 15.6. The standard InChI is InChI=1S/C17H16BrCl2N3O2/c1-3-25-16-14(19)7-11(8-15(16)20)9-21-23-17(24)22-12-4-5-13(18)10(2)6-12/h4-9H,3H2,1-2H3,(H2,22,23,24)/b21-9+. The van der Waals surface area contributed by atoms with E-state index in [1.165, 1.54) is 6.21 Å². The molecule has 0 aliphatic rings. The SMILES string of the molecule is CCOc1c(Cl)cc(/C=N/NC(=O)Nc2ccc(Br)c(C)c2)cc1Cl. The first-order chi connectivity index (χ1) is 11.9. The fraction of sp³-hybridized carbons (Fsp3) is 0.176. The maximum absolute atomic E-state index is 11.9. The number of aryl methyl sites for hydroxylation is 1. The zero-order valence-electron chi connectivity index (χ0n) is 13.6. The first-order valence-electron chi connectivity index (χ1n) is 7.38. The number of carbonyl (C=O) groups excluding carboxylic acids is 1. The highest BCUT2D eigenvalue weighted by Crippen LogP contribution is 2.33. The average Bonchev–Trinajstić information content (AvgIpc) is 2.54. The molecule has 0 aliphatic heterocycles. The fourth-order valence-electron chi connectivity index (χ4n) is 1.98. The number of ether oxygens (including phenoxy) is 1. The van der Waals surface area contributed by atoms with Crippen LogP contribution in [0, 0.1) is 6.92 Å². The van der Waals surface area contributed by atoms with Crippen molar-refractivity contribution < 1.29 is 9.53 Å². The summed E-state index contributed by atoms with van der Waals surface area (Å²) in [7, 11) is 0. The van der Waals surface area contributed by atoms with Gasteiger partial charge >= 0.3 is 6.03 Å². The molecule has 5 nitrogen and oxygen atoms in total. The van der Waals surface area contributed by atoms with E-state index < -0.39 is 6.03 Å². The number of hydrazone groups is 1. The molecule has 8 heteroatoms. The number of rotatable bonds is 5. The van der Waals surface area contributed by atoms with Crippen LogP contribution in [0.2, 0.25) is 10.0 Å². The molecule has 132 valence electrons. The molecule has 0 atom stereocenters. The molecule has 0 bridgehead atoms. The lowest BCUT2D eigenvalue weighted by molar-refractivity contribution is 0.252. The quantitative estimate of drug-likeness (QED) is 0.464. The zero-order chi connectivity index (χ0) is 18.4. The lowest BCUT2D eigenvalue weighted by Gasteiger charge is -2.08. The van der Waals surface area contributed by atoms with Crippen molar-refractivity contribution >= 4 is 57.1 Å². The second kappa shape index (κ2) is 9.08. The van der Waals surface area contributed by atoms with E-state index in [2.05, 4.69) is 31.8 Å². The third-order valence-electron chi connectivity index (χ3n) is 3.10. The van der Waals surface area contributed by atoms with Crippen molar-refractivity contribution in [3.8, 4) is 5.75 Å². The number of hydrogen-bond donors (Lipinski definition) is 2. The Morgan fingerprint density at radius 1 is 1.28 bits per heavy atom. The summed E-state index contributed by atoms with van der Waals surface area (Å²) in [6, 6.07) is 8.34. The Morgan fingerprint density at radius 2 is 1.96 bits per heavy atom. The van der Waals surface area contributed by atoms with Crippen LogP contribution < -0.4 is 15.5 Å². The molecule has 2 aromatic carbocycles. The van der Waals surface area contributed by atoms with E-state index in [9.17, 15) is 4.79 Å². The number of amides is 2. The second-order valence-electron chi connectivity index (χ2n) is 5.03. The van der Waals surface area contributed by atoms with Gasteiger partial charge in [0.05, 0.1) is 22.9 Å². The minimum Gasteiger partial charge on any atom is -0.491 e. The Bertz CT molecular complexity index is 789. The first-order valence-corrected chi connectivity index (χ1v) is 8.93. The molecule has 2 N–H and O–H groups in total. The van der Waals surface area contributed by atoms with Gasteiger partial charge < -0.3 is 10.1 Å². The molecule has 25 heavy (non-hydrogen) atoms. The van der Waals surface area contributed by atoms with E-state index in [4.69, 9.17) is 27.9 Å². The molecule has 0 unspecified atom stereocenters. The lowest BCUT2D eigenvalue weighted by Crippen LogP contribution is -2.24. The van der Waals surface area contributed by atoms with Crippen molar-refractivity contribution in [1.82, 2.24) is 5.43 Å². The number of carbonyl (C=O) groups is 1. The molecular formula is C17H16BrCl2N3O2. The molecule has 0 spiro atoms. The number of nitrogens with zero attached hydrogens (tertiary/aromatic N) is 1. The molecule has 2 rings (SSSR count). The largest absolute Gasteiger partial charge is 0.491 e. The Labute approximate surface area is 164 Å². The topological polar surface area (TPSA) is 62.7 Å². The summed E-state index contributed by atoms with van der Waals surface area (Å²) < 4.78 is 6.33. The molecule has 0 fully saturated rings. The third kappa shape index (κ3) is 5.63. The molecule has 0 aliphatic carbocycles. The van der Waals surface area contributed by atoms with Gasteiger partial charge in [-0.2, -0.15) is 5.10 Å². The van der Waals surface area contributed by atoms with E-state index in [1.54, 1.807) is 18.2 Å². The van der Waals surface area contributed by atoms with E-state index in [1.807, 2.05) is 26.0 Å². The van der Waals surface area contributed by atoms with Gasteiger partial charge in [0.2, 0.25) is 0 Å². The highest BCUT2D eigenvalue weighted by molar-refractivity contribution is 9.10. The Hall–Kier alpha value is -1.76. The van der Waals surface area contributed by atoms with Crippen LogP contribution >= 0.6 is 39.1 Å². The number of nitrogens with one attached hydrogen (secondary N) is 2. The van der Waals surface area contributed by atoms with Crippen molar-refractivity contribution in [2.24, 2.45) is 5.10 Å². The number of halogens is 3. The summed E-state index contributed by atoms with van der Waals surface area (Å²) in [5.74, 6) is 0.430. The van der Waals surface area contributed by atoms with Gasteiger partial charge in [0.25, 0.3) is 0 Å². The van der Waals surface area contributed by atoms with Crippen LogP contribution in [-0.2, 0) is 0 Å². The van der Waals surface area contributed by atoms with Gasteiger partial charge in [-0.1, -0.05) is 39.1 Å². The maximum atomic E-state index is 11.9. The van der Waals surface area contributed by atoms with Gasteiger partial charge in [-0.05, 0) is 55.3 Å². The molecule has 0 heterocycles. The predicted octanol–water partition coefficient (Wildman–Crippen LogP) is 5.62. The summed E-state index contributed by atoms with van der Waals surface area (Å²) in [6.45, 7) is 4.24. The van der Waals surface area contributed by atoms with Gasteiger partial charge in [0.1, 0.15) is 0 Å². The predicted molar refractivity (Wildman–Crippen MR) is 106 cm³/mol. The Balaban J connectivity index is 1.98. The van der Waals surface area contributed by atoms with Crippen LogP contribution in [0.1, 0.15) is 18.1 Å². The Morgan fingerprint density at radius 3 is 2.56 bits per heavy atom. The minimum atomic E-state index is -0.457. The summed E-state index contributed by atoms with van der Waals surface area (Å²) in [6.07, 6.45) is 1.44. The van der Waals surface area contributed by atoms with Crippen LogP contribution in [0.5, 0.6) is 5.75 Å². The third-order valence-corrected chi connectivity index (χ3v) is 4.56. The summed E-state index contributed by atoms with van der Waals surface area (Å²) in [5, 5.41) is 7.33. The Kier molecular flexibility index (Phi) is 7.11. The van der Waals surface area contributed by atoms with Crippen molar-refractivity contribution in [3.63, 3.8) is 0 Å². The highest BCUT2D eigenvalue weighted by atomic mass is 79.9. The van der Waals surface area contributed by atoms with Crippen LogP contribution in [-0.4, -0.2) is 18.9 Å². The lowest BCUT2D eigenvalue weighted by atomic mass is 10.2. The van der Waals surface area contributed by atoms with Gasteiger partial charge in [-0.25, -0.2) is 10.2 Å². The van der Waals surface area contributed by atoms with Crippen LogP contribution in [0.15, 0.2) is 39.9 Å². The van der Waals surface area contributed by atoms with E-state index >= 15 is 0 Å². The van der Waals surface area contributed by atoms with E-state index in [-0.39, 0.29) is 0 Å². The molecular weight excluding hydrogens is 429 g/mol. The number of benzene rings is 2. The van der Waals surface area contributed by atoms with Crippen molar-refractivity contribution in [2.45, 2.75) is 13.8 Å². The van der Waals surface area contributed by atoms with Gasteiger partial charge in [0.15, 0.2) is 5.75 Å². The van der Waals surface area contributed by atoms with Crippen molar-refractivity contribution in [2.75, 3.05) is 11.9 Å². The van der Waals surface area contributed by atoms with E-state index in [0.29, 0.717) is 33.7 Å². The van der Waals surface area contributed by atoms with Crippen molar-refractivity contribution in [1.29, 1.82) is 0 Å². The zero-order valence-corrected chi connectivity index (χ0v) is 16.7. The number of anilines is 1. The molecule has 0 aromatic heterocycles. The number of hydrogen-bond acceptors (Lipinski definition) is 3. The normalized spacial score (nSPS) is 10.8. The van der Waals surface area contributed by atoms with E-state index in [0.717, 1.165) is 10.0 Å². The smallest absolute Gasteiger partial charge is 0.339 e. The van der Waals surface area contributed by atoms with Gasteiger partial charge in [-0.15, -0.1) is 0 Å². The van der Waals surface area contributed by atoms with Crippen LogP contribution in [0.4, 0.5) is 10.5 Å². The molecule has 0 saturated carbocycles. The number of urea groups is 1. The molecule has 2 amide bonds. The van der Waals surface area contributed by atoms with Crippen LogP contribution in [0.3, 0.4) is 0 Å². The summed E-state index contributed by atoms with van der Waals surface area (Å²) in [5.41, 5.74) is 4.70. The fourth-order valence-corrected chi connectivity index (χ4v) is 2.84.